The molecule has 26 heavy (non-hydrogen) atoms. The summed E-state index contributed by atoms with van der Waals surface area (Å²) >= 11 is 0. The Labute approximate surface area is 148 Å². The summed E-state index contributed by atoms with van der Waals surface area (Å²) in [5.41, 5.74) is 5.04. The number of nitrogens with one attached hydrogen (secondary N) is 2. The van der Waals surface area contributed by atoms with E-state index < -0.39 is 17.6 Å². The molecule has 0 aliphatic heterocycles. The van der Waals surface area contributed by atoms with Gasteiger partial charge in [-0.2, -0.15) is 4.98 Å². The Morgan fingerprint density at radius 1 is 1.00 bits per heavy atom. The van der Waals surface area contributed by atoms with Gasteiger partial charge >= 0.3 is 0 Å². The van der Waals surface area contributed by atoms with Crippen LogP contribution < -0.4 is 10.9 Å². The van der Waals surface area contributed by atoms with Crippen molar-refractivity contribution in [3.8, 4) is 11.4 Å². The zero-order valence-corrected chi connectivity index (χ0v) is 13.6. The van der Waals surface area contributed by atoms with Crippen LogP contribution >= 0.6 is 0 Å². The third-order valence-electron chi connectivity index (χ3n) is 3.50. The normalized spacial score (nSPS) is 10.3. The SMILES string of the molecule is O=C(CCc1nc(-c2ccccc2)no1)NNC(=O)c1ccccc1F. The van der Waals surface area contributed by atoms with Crippen molar-refractivity contribution in [2.45, 2.75) is 12.8 Å². The summed E-state index contributed by atoms with van der Waals surface area (Å²) in [7, 11) is 0. The van der Waals surface area contributed by atoms with Crippen LogP contribution in [0.4, 0.5) is 4.39 Å². The van der Waals surface area contributed by atoms with Gasteiger partial charge in [0, 0.05) is 18.4 Å². The molecule has 3 rings (SSSR count). The summed E-state index contributed by atoms with van der Waals surface area (Å²) in [5, 5.41) is 3.86. The molecule has 0 unspecified atom stereocenters. The van der Waals surface area contributed by atoms with Gasteiger partial charge < -0.3 is 4.52 Å². The van der Waals surface area contributed by atoms with Crippen molar-refractivity contribution in [2.24, 2.45) is 0 Å². The Morgan fingerprint density at radius 3 is 2.50 bits per heavy atom. The largest absolute Gasteiger partial charge is 0.339 e. The number of nitrogens with zero attached hydrogens (tertiary/aromatic N) is 2. The quantitative estimate of drug-likeness (QED) is 0.685. The number of benzene rings is 2. The Balaban J connectivity index is 1.48. The van der Waals surface area contributed by atoms with Gasteiger partial charge in [-0.25, -0.2) is 4.39 Å². The van der Waals surface area contributed by atoms with Gasteiger partial charge in [-0.05, 0) is 12.1 Å². The molecule has 0 aliphatic rings. The van der Waals surface area contributed by atoms with E-state index >= 15 is 0 Å². The molecule has 1 heterocycles. The number of amides is 2. The van der Waals surface area contributed by atoms with Crippen LogP contribution in [0.1, 0.15) is 22.7 Å². The number of hydrazine groups is 1. The fraction of sp³-hybridized carbons (Fsp3) is 0.111. The first kappa shape index (κ1) is 17.3. The summed E-state index contributed by atoms with van der Waals surface area (Å²) in [6, 6.07) is 14.8. The highest BCUT2D eigenvalue weighted by Gasteiger charge is 2.13. The van der Waals surface area contributed by atoms with Crippen molar-refractivity contribution in [1.29, 1.82) is 0 Å². The maximum atomic E-state index is 13.5. The van der Waals surface area contributed by atoms with Gasteiger partial charge in [0.2, 0.25) is 17.6 Å². The second-order valence-electron chi connectivity index (χ2n) is 5.36. The van der Waals surface area contributed by atoms with E-state index in [2.05, 4.69) is 21.0 Å². The minimum atomic E-state index is -0.736. The van der Waals surface area contributed by atoms with E-state index in [9.17, 15) is 14.0 Å². The van der Waals surface area contributed by atoms with Crippen molar-refractivity contribution < 1.29 is 18.5 Å². The number of carbonyl (C=O) groups excluding carboxylic acids is 2. The lowest BCUT2D eigenvalue weighted by atomic mass is 10.2. The summed E-state index contributed by atoms with van der Waals surface area (Å²) in [4.78, 5) is 27.8. The molecular weight excluding hydrogens is 339 g/mol. The topological polar surface area (TPSA) is 97.1 Å². The van der Waals surface area contributed by atoms with E-state index in [0.29, 0.717) is 11.7 Å². The Morgan fingerprint density at radius 2 is 1.73 bits per heavy atom. The molecule has 0 radical (unpaired) electrons. The van der Waals surface area contributed by atoms with Crippen molar-refractivity contribution in [3.05, 3.63) is 71.9 Å². The molecule has 2 amide bonds. The first-order valence-corrected chi connectivity index (χ1v) is 7.85. The average molecular weight is 354 g/mol. The van der Waals surface area contributed by atoms with E-state index in [4.69, 9.17) is 4.52 Å². The van der Waals surface area contributed by atoms with E-state index in [1.807, 2.05) is 30.3 Å². The molecule has 0 atom stereocenters. The number of aromatic nitrogens is 2. The summed E-state index contributed by atoms with van der Waals surface area (Å²) in [6.45, 7) is 0. The van der Waals surface area contributed by atoms with Crippen LogP contribution in [-0.2, 0) is 11.2 Å². The minimum absolute atomic E-state index is 0.0218. The summed E-state index contributed by atoms with van der Waals surface area (Å²) in [5.74, 6) is -1.12. The minimum Gasteiger partial charge on any atom is -0.339 e. The molecule has 7 nitrogen and oxygen atoms in total. The third-order valence-corrected chi connectivity index (χ3v) is 3.50. The fourth-order valence-corrected chi connectivity index (χ4v) is 2.18. The van der Waals surface area contributed by atoms with Gasteiger partial charge in [-0.15, -0.1) is 0 Å². The first-order valence-electron chi connectivity index (χ1n) is 7.85. The molecule has 0 saturated heterocycles. The van der Waals surface area contributed by atoms with Gasteiger partial charge in [-0.1, -0.05) is 47.6 Å². The Hall–Kier alpha value is -3.55. The van der Waals surface area contributed by atoms with Gasteiger partial charge in [0.05, 0.1) is 5.56 Å². The van der Waals surface area contributed by atoms with Crippen LogP contribution in [0, 0.1) is 5.82 Å². The molecule has 0 aliphatic carbocycles. The standard InChI is InChI=1S/C18H15FN4O3/c19-14-9-5-4-8-13(14)18(25)22-21-15(24)10-11-16-20-17(23-26-16)12-6-2-1-3-7-12/h1-9H,10-11H2,(H,21,24)(H,22,25). The maximum Gasteiger partial charge on any atom is 0.272 e. The first-order chi connectivity index (χ1) is 12.6. The molecule has 2 N–H and O–H groups in total. The number of hydrogen-bond donors (Lipinski definition) is 2. The zero-order chi connectivity index (χ0) is 18.4. The molecule has 3 aromatic rings. The Kier molecular flexibility index (Phi) is 5.33. The van der Waals surface area contributed by atoms with Crippen molar-refractivity contribution >= 4 is 11.8 Å². The number of aryl methyl sites for hydroxylation is 1. The molecule has 0 spiro atoms. The smallest absolute Gasteiger partial charge is 0.272 e. The lowest BCUT2D eigenvalue weighted by Gasteiger charge is -2.07. The number of rotatable bonds is 5. The molecule has 0 saturated carbocycles. The predicted octanol–water partition coefficient (Wildman–Crippen LogP) is 2.27. The molecule has 0 bridgehead atoms. The zero-order valence-electron chi connectivity index (χ0n) is 13.6. The second-order valence-corrected chi connectivity index (χ2v) is 5.36. The lowest BCUT2D eigenvalue weighted by Crippen LogP contribution is -2.42. The number of hydrogen-bond acceptors (Lipinski definition) is 5. The lowest BCUT2D eigenvalue weighted by molar-refractivity contribution is -0.121. The molecule has 1 aromatic heterocycles. The number of carbonyl (C=O) groups is 2. The molecule has 8 heteroatoms. The van der Waals surface area contributed by atoms with Crippen LogP contribution in [0.25, 0.3) is 11.4 Å². The maximum absolute atomic E-state index is 13.5. The van der Waals surface area contributed by atoms with E-state index in [1.165, 1.54) is 18.2 Å². The van der Waals surface area contributed by atoms with Gasteiger partial charge in [0.1, 0.15) is 5.82 Å². The van der Waals surface area contributed by atoms with Gasteiger partial charge in [-0.3, -0.25) is 20.4 Å². The van der Waals surface area contributed by atoms with E-state index in [1.54, 1.807) is 0 Å². The highest BCUT2D eigenvalue weighted by Crippen LogP contribution is 2.15. The molecule has 0 fully saturated rings. The predicted molar refractivity (Wildman–Crippen MR) is 90.1 cm³/mol. The Bertz CT molecular complexity index is 912. The highest BCUT2D eigenvalue weighted by molar-refractivity contribution is 5.95. The summed E-state index contributed by atoms with van der Waals surface area (Å²) in [6.07, 6.45) is 0.231. The van der Waals surface area contributed by atoms with Crippen LogP contribution in [0.15, 0.2) is 59.1 Å². The van der Waals surface area contributed by atoms with E-state index in [0.717, 1.165) is 11.6 Å². The van der Waals surface area contributed by atoms with Gasteiger partial charge in [0.25, 0.3) is 5.91 Å². The highest BCUT2D eigenvalue weighted by atomic mass is 19.1. The average Bonchev–Trinajstić information content (AvgIpc) is 3.14. The van der Waals surface area contributed by atoms with Crippen LogP contribution in [0.2, 0.25) is 0 Å². The number of halogens is 1. The van der Waals surface area contributed by atoms with Crippen molar-refractivity contribution in [2.75, 3.05) is 0 Å². The third kappa shape index (κ3) is 4.29. The second kappa shape index (κ2) is 8.02. The van der Waals surface area contributed by atoms with Crippen LogP contribution in [0.5, 0.6) is 0 Å². The fourth-order valence-electron chi connectivity index (χ4n) is 2.18. The van der Waals surface area contributed by atoms with Crippen molar-refractivity contribution in [1.82, 2.24) is 21.0 Å². The summed E-state index contributed by atoms with van der Waals surface area (Å²) < 4.78 is 18.6. The molecule has 132 valence electrons. The van der Waals surface area contributed by atoms with Crippen LogP contribution in [0.3, 0.4) is 0 Å². The van der Waals surface area contributed by atoms with Gasteiger partial charge in [0.15, 0.2) is 0 Å². The van der Waals surface area contributed by atoms with Crippen LogP contribution in [-0.4, -0.2) is 22.0 Å². The van der Waals surface area contributed by atoms with E-state index in [-0.39, 0.29) is 18.4 Å². The molecule has 2 aromatic carbocycles. The monoisotopic (exact) mass is 354 g/mol. The van der Waals surface area contributed by atoms with Crippen molar-refractivity contribution in [3.63, 3.8) is 0 Å². The molecular formula is C18H15FN4O3.